The summed E-state index contributed by atoms with van der Waals surface area (Å²) in [5, 5.41) is 11.5. The monoisotopic (exact) mass is 367 g/mol. The molecule has 0 aliphatic rings. The van der Waals surface area contributed by atoms with Gasteiger partial charge >= 0.3 is 11.3 Å². The number of fused-ring (bicyclic) bond motifs is 1. The minimum atomic E-state index is -1.85. The Balaban J connectivity index is 1.82. The normalized spacial score (nSPS) is 12.1. The van der Waals surface area contributed by atoms with Crippen LogP contribution in [0, 0.1) is 0 Å². The molecule has 0 fully saturated rings. The zero-order valence-corrected chi connectivity index (χ0v) is 14.0. The molecule has 0 amide bonds. The number of hydrogen-bond acceptors (Lipinski definition) is 3. The van der Waals surface area contributed by atoms with Crippen molar-refractivity contribution in [1.29, 1.82) is 0 Å². The minimum Gasteiger partial charge on any atom is -0.505 e. The van der Waals surface area contributed by atoms with Crippen LogP contribution in [0.15, 0.2) is 54.6 Å². The molecule has 4 nitrogen and oxygen atoms in total. The standard InChI is InChI=1S/C16H11Cl2NO3S/c17-13-8-11(9-14(18)16(13)20)19-23(21)22-15-7-3-5-10-4-1-2-6-12(10)15/h1-9,19-20H. The highest BCUT2D eigenvalue weighted by Crippen LogP contribution is 2.35. The summed E-state index contributed by atoms with van der Waals surface area (Å²) in [5.74, 6) is 0.268. The third-order valence-corrected chi connectivity index (χ3v) is 4.44. The van der Waals surface area contributed by atoms with E-state index in [4.69, 9.17) is 27.4 Å². The van der Waals surface area contributed by atoms with E-state index in [1.165, 1.54) is 12.1 Å². The van der Waals surface area contributed by atoms with E-state index in [0.717, 1.165) is 10.8 Å². The van der Waals surface area contributed by atoms with Crippen LogP contribution in [-0.2, 0) is 11.3 Å². The molecule has 0 aromatic heterocycles. The summed E-state index contributed by atoms with van der Waals surface area (Å²) >= 11 is 9.80. The van der Waals surface area contributed by atoms with Gasteiger partial charge in [-0.05, 0) is 23.6 Å². The van der Waals surface area contributed by atoms with Crippen LogP contribution in [0.2, 0.25) is 10.0 Å². The molecule has 0 radical (unpaired) electrons. The molecule has 0 bridgehead atoms. The van der Waals surface area contributed by atoms with Crippen LogP contribution >= 0.6 is 23.2 Å². The van der Waals surface area contributed by atoms with Crippen LogP contribution in [0.4, 0.5) is 5.69 Å². The second kappa shape index (κ2) is 6.66. The van der Waals surface area contributed by atoms with E-state index in [1.54, 1.807) is 6.07 Å². The van der Waals surface area contributed by atoms with Gasteiger partial charge in [0.2, 0.25) is 0 Å². The van der Waals surface area contributed by atoms with Gasteiger partial charge in [-0.1, -0.05) is 59.6 Å². The third kappa shape index (κ3) is 3.52. The Labute approximate surface area is 145 Å². The summed E-state index contributed by atoms with van der Waals surface area (Å²) in [6, 6.07) is 15.9. The quantitative estimate of drug-likeness (QED) is 0.643. The molecule has 1 atom stereocenters. The van der Waals surface area contributed by atoms with Crippen molar-refractivity contribution in [3.8, 4) is 11.5 Å². The fourth-order valence-electron chi connectivity index (χ4n) is 2.09. The first-order valence-corrected chi connectivity index (χ1v) is 8.40. The molecule has 3 rings (SSSR count). The summed E-state index contributed by atoms with van der Waals surface area (Å²) in [7, 11) is 0. The SMILES string of the molecule is O=S(Nc1cc(Cl)c(O)c(Cl)c1)Oc1cccc2ccccc12. The van der Waals surface area contributed by atoms with Crippen LogP contribution in [-0.4, -0.2) is 9.32 Å². The first kappa shape index (κ1) is 15.9. The van der Waals surface area contributed by atoms with Crippen molar-refractivity contribution in [2.75, 3.05) is 4.72 Å². The van der Waals surface area contributed by atoms with Crippen molar-refractivity contribution < 1.29 is 13.5 Å². The average Bonchev–Trinajstić information content (AvgIpc) is 2.53. The molecule has 0 heterocycles. The smallest absolute Gasteiger partial charge is 0.316 e. The molecule has 0 spiro atoms. The van der Waals surface area contributed by atoms with Gasteiger partial charge in [-0.2, -0.15) is 4.21 Å². The van der Waals surface area contributed by atoms with Crippen molar-refractivity contribution in [2.24, 2.45) is 0 Å². The predicted octanol–water partition coefficient (Wildman–Crippen LogP) is 4.92. The largest absolute Gasteiger partial charge is 0.505 e. The summed E-state index contributed by atoms with van der Waals surface area (Å²) in [6.45, 7) is 0. The van der Waals surface area contributed by atoms with Gasteiger partial charge in [0.05, 0.1) is 15.7 Å². The molecule has 3 aromatic rings. The molecule has 0 saturated heterocycles. The van der Waals surface area contributed by atoms with Gasteiger partial charge in [-0.25, -0.2) is 0 Å². The number of phenols is 1. The molecule has 7 heteroatoms. The van der Waals surface area contributed by atoms with E-state index in [1.807, 2.05) is 36.4 Å². The maximum absolute atomic E-state index is 12.2. The first-order chi connectivity index (χ1) is 11.0. The lowest BCUT2D eigenvalue weighted by atomic mass is 10.1. The Bertz CT molecular complexity index is 873. The average molecular weight is 368 g/mol. The second-order valence-corrected chi connectivity index (χ2v) is 6.34. The van der Waals surface area contributed by atoms with Crippen molar-refractivity contribution >= 4 is 50.9 Å². The molecule has 3 aromatic carbocycles. The predicted molar refractivity (Wildman–Crippen MR) is 94.5 cm³/mol. The van der Waals surface area contributed by atoms with Crippen LogP contribution < -0.4 is 8.91 Å². The van der Waals surface area contributed by atoms with Crippen LogP contribution in [0.3, 0.4) is 0 Å². The first-order valence-electron chi connectivity index (χ1n) is 6.57. The van der Waals surface area contributed by atoms with E-state index in [2.05, 4.69) is 4.72 Å². The topological polar surface area (TPSA) is 58.6 Å². The van der Waals surface area contributed by atoms with Gasteiger partial charge in [0.15, 0.2) is 5.75 Å². The lowest BCUT2D eigenvalue weighted by Crippen LogP contribution is -2.11. The highest BCUT2D eigenvalue weighted by molar-refractivity contribution is 7.82. The Hall–Kier alpha value is -1.95. The van der Waals surface area contributed by atoms with E-state index >= 15 is 0 Å². The molecule has 23 heavy (non-hydrogen) atoms. The molecule has 118 valence electrons. The number of hydrogen-bond donors (Lipinski definition) is 2. The summed E-state index contributed by atoms with van der Waals surface area (Å²) in [6.07, 6.45) is 0. The maximum atomic E-state index is 12.2. The zero-order chi connectivity index (χ0) is 16.4. The summed E-state index contributed by atoms with van der Waals surface area (Å²) in [4.78, 5) is 0. The maximum Gasteiger partial charge on any atom is 0.316 e. The lowest BCUT2D eigenvalue weighted by molar-refractivity contribution is 0.476. The van der Waals surface area contributed by atoms with E-state index in [-0.39, 0.29) is 15.8 Å². The number of aromatic hydroxyl groups is 1. The fraction of sp³-hybridized carbons (Fsp3) is 0. The number of rotatable bonds is 4. The number of anilines is 1. The molecular weight excluding hydrogens is 357 g/mol. The van der Waals surface area contributed by atoms with Crippen molar-refractivity contribution in [2.45, 2.75) is 0 Å². The van der Waals surface area contributed by atoms with Gasteiger partial charge in [-0.3, -0.25) is 4.72 Å². The van der Waals surface area contributed by atoms with Gasteiger partial charge in [-0.15, -0.1) is 0 Å². The lowest BCUT2D eigenvalue weighted by Gasteiger charge is -2.10. The van der Waals surface area contributed by atoms with E-state index in [0.29, 0.717) is 11.4 Å². The van der Waals surface area contributed by atoms with Gasteiger partial charge < -0.3 is 9.29 Å². The molecular formula is C16H11Cl2NO3S. The van der Waals surface area contributed by atoms with Gasteiger partial charge in [0.25, 0.3) is 0 Å². The molecule has 0 aliphatic carbocycles. The molecule has 0 aliphatic heterocycles. The fourth-order valence-corrected chi connectivity index (χ4v) is 3.24. The number of nitrogens with one attached hydrogen (secondary N) is 1. The Morgan fingerprint density at radius 1 is 1.00 bits per heavy atom. The summed E-state index contributed by atoms with van der Waals surface area (Å²) < 4.78 is 20.3. The highest BCUT2D eigenvalue weighted by Gasteiger charge is 2.10. The van der Waals surface area contributed by atoms with E-state index in [9.17, 15) is 9.32 Å². The molecule has 1 unspecified atom stereocenters. The van der Waals surface area contributed by atoms with Crippen LogP contribution in [0.1, 0.15) is 0 Å². The molecule has 0 saturated carbocycles. The van der Waals surface area contributed by atoms with Crippen molar-refractivity contribution in [3.05, 3.63) is 64.6 Å². The highest BCUT2D eigenvalue weighted by atomic mass is 35.5. The zero-order valence-electron chi connectivity index (χ0n) is 11.6. The second-order valence-electron chi connectivity index (χ2n) is 4.69. The van der Waals surface area contributed by atoms with Crippen LogP contribution in [0.5, 0.6) is 11.5 Å². The third-order valence-electron chi connectivity index (χ3n) is 3.13. The Kier molecular flexibility index (Phi) is 4.61. The van der Waals surface area contributed by atoms with Gasteiger partial charge in [0, 0.05) is 5.39 Å². The van der Waals surface area contributed by atoms with Crippen molar-refractivity contribution in [1.82, 2.24) is 0 Å². The number of benzene rings is 3. The number of halogens is 2. The Morgan fingerprint density at radius 3 is 2.39 bits per heavy atom. The van der Waals surface area contributed by atoms with E-state index < -0.39 is 11.3 Å². The molecule has 2 N–H and O–H groups in total. The van der Waals surface area contributed by atoms with Crippen LogP contribution in [0.25, 0.3) is 10.8 Å². The minimum absolute atomic E-state index is 0.0576. The van der Waals surface area contributed by atoms with Crippen molar-refractivity contribution in [3.63, 3.8) is 0 Å². The Morgan fingerprint density at radius 2 is 1.65 bits per heavy atom. The van der Waals surface area contributed by atoms with Gasteiger partial charge in [0.1, 0.15) is 5.75 Å². The number of phenolic OH excluding ortho intramolecular Hbond substituents is 1. The summed E-state index contributed by atoms with van der Waals surface area (Å²) in [5.41, 5.74) is 0.372.